The van der Waals surface area contributed by atoms with Gasteiger partial charge in [-0.2, -0.15) is 5.10 Å². The third-order valence-electron chi connectivity index (χ3n) is 9.88. The molecule has 0 radical (unpaired) electrons. The number of carbonyl (C=O) groups is 4. The zero-order valence-electron chi connectivity index (χ0n) is 29.8. The number of nitrogens with zero attached hydrogens (tertiary/aromatic N) is 4. The van der Waals surface area contributed by atoms with Crippen molar-refractivity contribution in [3.8, 4) is 0 Å². The lowest BCUT2D eigenvalue weighted by Crippen LogP contribution is -2.55. The van der Waals surface area contributed by atoms with Crippen molar-refractivity contribution in [1.29, 1.82) is 0 Å². The zero-order valence-corrected chi connectivity index (χ0v) is 29.8. The molecule has 2 fully saturated rings. The van der Waals surface area contributed by atoms with Gasteiger partial charge in [-0.3, -0.25) is 28.8 Å². The van der Waals surface area contributed by atoms with Crippen LogP contribution in [0, 0.1) is 5.92 Å². The summed E-state index contributed by atoms with van der Waals surface area (Å²) in [6.45, 7) is 9.31. The Morgan fingerprint density at radius 2 is 1.50 bits per heavy atom. The Labute approximate surface area is 296 Å². The highest BCUT2D eigenvalue weighted by atomic mass is 16.2. The molecule has 2 aromatic carbocycles. The lowest BCUT2D eigenvalue weighted by Gasteiger charge is -2.36. The van der Waals surface area contributed by atoms with Gasteiger partial charge in [-0.25, -0.2) is 0 Å². The number of anilines is 1. The molecule has 1 aliphatic heterocycles. The molecule has 11 nitrogen and oxygen atoms in total. The van der Waals surface area contributed by atoms with Crippen molar-refractivity contribution in [3.05, 3.63) is 83.7 Å². The van der Waals surface area contributed by atoms with E-state index in [1.54, 1.807) is 23.9 Å². The number of rotatable bonds is 13. The van der Waals surface area contributed by atoms with Crippen molar-refractivity contribution in [2.75, 3.05) is 31.5 Å². The van der Waals surface area contributed by atoms with Crippen molar-refractivity contribution in [1.82, 2.24) is 30.2 Å². The zero-order chi connectivity index (χ0) is 35.5. The molecule has 5 rings (SSSR count). The second-order valence-corrected chi connectivity index (χ2v) is 13.9. The van der Waals surface area contributed by atoms with E-state index < -0.39 is 12.1 Å². The Balaban J connectivity index is 1.22. The van der Waals surface area contributed by atoms with E-state index in [-0.39, 0.29) is 42.0 Å². The first-order valence-corrected chi connectivity index (χ1v) is 18.3. The van der Waals surface area contributed by atoms with Crippen LogP contribution in [-0.2, 0) is 27.3 Å². The standard InChI is InChI=1S/C39H53N7O4/c1-4-35(47)42-33(39(50)45-24-22-44(23-25-45)27-30-12-8-7-9-13-30)26-29-16-18-32(19-17-29)41-38(49)36(31-14-10-5-6-11-15-31)43-37(48)34-20-21-40-46(34)28(2)3/h7-9,12-13,16-21,28,31,33,36H,4-6,10-11,14-15,22-27H2,1-3H3,(H,41,49)(H,42,47)(H,43,48)/t33-,36+/m1/s1. The maximum Gasteiger partial charge on any atom is 0.270 e. The van der Waals surface area contributed by atoms with E-state index in [2.05, 4.69) is 38.1 Å². The van der Waals surface area contributed by atoms with E-state index in [0.717, 1.165) is 63.7 Å². The van der Waals surface area contributed by atoms with Gasteiger partial charge in [0.1, 0.15) is 17.8 Å². The quantitative estimate of drug-likeness (QED) is 0.219. The number of amides is 4. The van der Waals surface area contributed by atoms with Crippen LogP contribution in [0.5, 0.6) is 0 Å². The summed E-state index contributed by atoms with van der Waals surface area (Å²) in [5.74, 6) is -0.769. The molecule has 1 saturated carbocycles. The predicted octanol–water partition coefficient (Wildman–Crippen LogP) is 4.95. The van der Waals surface area contributed by atoms with E-state index >= 15 is 0 Å². The Morgan fingerprint density at radius 1 is 0.820 bits per heavy atom. The summed E-state index contributed by atoms with van der Waals surface area (Å²) in [6, 6.07) is 18.0. The number of nitrogens with one attached hydrogen (secondary N) is 3. The van der Waals surface area contributed by atoms with Gasteiger partial charge in [0.2, 0.25) is 17.7 Å². The average molecular weight is 684 g/mol. The molecule has 2 aliphatic rings. The highest BCUT2D eigenvalue weighted by Crippen LogP contribution is 2.27. The number of piperazine rings is 1. The molecule has 50 heavy (non-hydrogen) atoms. The van der Waals surface area contributed by atoms with Gasteiger partial charge in [0.15, 0.2) is 0 Å². The fourth-order valence-corrected chi connectivity index (χ4v) is 7.03. The highest BCUT2D eigenvalue weighted by molar-refractivity contribution is 6.00. The van der Waals surface area contributed by atoms with E-state index in [1.165, 1.54) is 5.56 Å². The van der Waals surface area contributed by atoms with Crippen LogP contribution in [0.15, 0.2) is 66.9 Å². The van der Waals surface area contributed by atoms with Crippen LogP contribution in [0.2, 0.25) is 0 Å². The van der Waals surface area contributed by atoms with Gasteiger partial charge in [0.05, 0.1) is 0 Å². The van der Waals surface area contributed by atoms with Gasteiger partial charge in [-0.15, -0.1) is 0 Å². The van der Waals surface area contributed by atoms with E-state index in [4.69, 9.17) is 0 Å². The third kappa shape index (κ3) is 10.0. The fourth-order valence-electron chi connectivity index (χ4n) is 7.03. The van der Waals surface area contributed by atoms with Crippen LogP contribution in [0.3, 0.4) is 0 Å². The molecule has 0 bridgehead atoms. The van der Waals surface area contributed by atoms with Crippen molar-refractivity contribution in [3.63, 3.8) is 0 Å². The summed E-state index contributed by atoms with van der Waals surface area (Å²) >= 11 is 0. The molecule has 3 N–H and O–H groups in total. The minimum absolute atomic E-state index is 0.00903. The average Bonchev–Trinajstić information content (AvgIpc) is 3.48. The smallest absolute Gasteiger partial charge is 0.270 e. The molecular weight excluding hydrogens is 630 g/mol. The molecule has 0 spiro atoms. The van der Waals surface area contributed by atoms with Crippen LogP contribution in [0.1, 0.15) is 93.4 Å². The summed E-state index contributed by atoms with van der Waals surface area (Å²) in [6.07, 6.45) is 8.31. The summed E-state index contributed by atoms with van der Waals surface area (Å²) in [7, 11) is 0. The Morgan fingerprint density at radius 3 is 2.14 bits per heavy atom. The summed E-state index contributed by atoms with van der Waals surface area (Å²) < 4.78 is 1.67. The normalized spacial score (nSPS) is 17.1. The van der Waals surface area contributed by atoms with Crippen molar-refractivity contribution in [2.24, 2.45) is 5.92 Å². The molecule has 2 atom stereocenters. The van der Waals surface area contributed by atoms with Crippen molar-refractivity contribution in [2.45, 2.75) is 96.8 Å². The molecule has 3 aromatic rings. The van der Waals surface area contributed by atoms with Gasteiger partial charge in [-0.05, 0) is 61.9 Å². The summed E-state index contributed by atoms with van der Waals surface area (Å²) in [5.41, 5.74) is 3.16. The number of aromatic nitrogens is 2. The first-order chi connectivity index (χ1) is 24.2. The van der Waals surface area contributed by atoms with Gasteiger partial charge >= 0.3 is 0 Å². The second kappa shape index (κ2) is 17.9. The van der Waals surface area contributed by atoms with Gasteiger partial charge in [0.25, 0.3) is 5.91 Å². The first-order valence-electron chi connectivity index (χ1n) is 18.3. The molecule has 1 aliphatic carbocycles. The molecule has 1 aromatic heterocycles. The molecule has 268 valence electrons. The largest absolute Gasteiger partial charge is 0.344 e. The minimum atomic E-state index is -0.685. The predicted molar refractivity (Wildman–Crippen MR) is 194 cm³/mol. The number of hydrogen-bond donors (Lipinski definition) is 3. The maximum absolute atomic E-state index is 13.8. The highest BCUT2D eigenvalue weighted by Gasteiger charge is 2.32. The van der Waals surface area contributed by atoms with Gasteiger partial charge < -0.3 is 20.9 Å². The molecule has 1 saturated heterocycles. The van der Waals surface area contributed by atoms with Crippen molar-refractivity contribution >= 4 is 29.3 Å². The maximum atomic E-state index is 13.8. The van der Waals surface area contributed by atoms with Crippen LogP contribution >= 0.6 is 0 Å². The molecule has 2 heterocycles. The first kappa shape index (κ1) is 36.8. The third-order valence-corrected chi connectivity index (χ3v) is 9.88. The van der Waals surface area contributed by atoms with Crippen LogP contribution in [0.4, 0.5) is 5.69 Å². The molecule has 0 unspecified atom stereocenters. The number of hydrogen-bond acceptors (Lipinski definition) is 6. The van der Waals surface area contributed by atoms with E-state index in [1.807, 2.05) is 61.2 Å². The van der Waals surface area contributed by atoms with Crippen molar-refractivity contribution < 1.29 is 19.2 Å². The lowest BCUT2D eigenvalue weighted by molar-refractivity contribution is -0.138. The van der Waals surface area contributed by atoms with Crippen LogP contribution in [0.25, 0.3) is 0 Å². The molecule has 11 heteroatoms. The SMILES string of the molecule is CCC(=O)N[C@H](Cc1ccc(NC(=O)[C@@H](NC(=O)c2ccnn2C(C)C)C2CCCCCC2)cc1)C(=O)N1CCN(Cc2ccccc2)CC1. The number of carbonyl (C=O) groups excluding carboxylic acids is 4. The van der Waals surface area contributed by atoms with Crippen LogP contribution in [-0.4, -0.2) is 81.5 Å². The Bertz CT molecular complexity index is 1560. The fraction of sp³-hybridized carbons (Fsp3) is 0.513. The van der Waals surface area contributed by atoms with Crippen LogP contribution < -0.4 is 16.0 Å². The minimum Gasteiger partial charge on any atom is -0.344 e. The number of benzene rings is 2. The van der Waals surface area contributed by atoms with Gasteiger partial charge in [-0.1, -0.05) is 75.1 Å². The van der Waals surface area contributed by atoms with E-state index in [0.29, 0.717) is 30.9 Å². The topological polar surface area (TPSA) is 129 Å². The second-order valence-electron chi connectivity index (χ2n) is 13.9. The Kier molecular flexibility index (Phi) is 13.2. The molecular formula is C39H53N7O4. The summed E-state index contributed by atoms with van der Waals surface area (Å²) in [4.78, 5) is 57.6. The summed E-state index contributed by atoms with van der Waals surface area (Å²) in [5, 5.41) is 13.3. The monoisotopic (exact) mass is 683 g/mol. The lowest BCUT2D eigenvalue weighted by atomic mass is 9.91. The van der Waals surface area contributed by atoms with E-state index in [9.17, 15) is 19.2 Å². The Hall–Kier alpha value is -4.51. The van der Waals surface area contributed by atoms with Gasteiger partial charge in [0, 0.05) is 63.5 Å². The molecule has 4 amide bonds.